The minimum absolute atomic E-state index is 0.128. The molecule has 112 valence electrons. The van der Waals surface area contributed by atoms with Crippen LogP contribution in [0.4, 0.5) is 0 Å². The molecule has 5 heteroatoms. The average molecular weight is 278 g/mol. The summed E-state index contributed by atoms with van der Waals surface area (Å²) in [6.07, 6.45) is 6.13. The molecular weight excluding hydrogens is 252 g/mol. The van der Waals surface area contributed by atoms with E-state index in [1.807, 2.05) is 43.9 Å². The van der Waals surface area contributed by atoms with E-state index < -0.39 is 0 Å². The third kappa shape index (κ3) is 4.96. The Morgan fingerprint density at radius 3 is 2.60 bits per heavy atom. The van der Waals surface area contributed by atoms with Crippen molar-refractivity contribution in [1.29, 1.82) is 0 Å². The smallest absolute Gasteiger partial charge is 0.234 e. The van der Waals surface area contributed by atoms with E-state index in [2.05, 4.69) is 15.3 Å². The van der Waals surface area contributed by atoms with Crippen molar-refractivity contribution < 1.29 is 4.79 Å². The fourth-order valence-electron chi connectivity index (χ4n) is 2.66. The predicted molar refractivity (Wildman–Crippen MR) is 79.3 cm³/mol. The number of carbonyl (C=O) groups excluding carboxylic acids is 1. The summed E-state index contributed by atoms with van der Waals surface area (Å²) in [5, 5.41) is 7.28. The van der Waals surface area contributed by atoms with Crippen LogP contribution < -0.4 is 5.32 Å². The minimum Gasteiger partial charge on any atom is -0.350 e. The van der Waals surface area contributed by atoms with Crippen LogP contribution in [0.1, 0.15) is 33.6 Å². The van der Waals surface area contributed by atoms with Crippen LogP contribution in [0.15, 0.2) is 18.5 Å². The lowest BCUT2D eigenvalue weighted by Crippen LogP contribution is -2.47. The Morgan fingerprint density at radius 2 is 2.05 bits per heavy atom. The highest BCUT2D eigenvalue weighted by atomic mass is 16.2. The number of rotatable bonds is 4. The number of aromatic nitrogens is 2. The first kappa shape index (κ1) is 15.0. The van der Waals surface area contributed by atoms with Crippen LogP contribution in [0, 0.1) is 5.92 Å². The molecule has 1 aliphatic rings. The van der Waals surface area contributed by atoms with E-state index in [1.165, 1.54) is 0 Å². The summed E-state index contributed by atoms with van der Waals surface area (Å²) in [5.41, 5.74) is -0.143. The van der Waals surface area contributed by atoms with E-state index in [0.717, 1.165) is 32.5 Å². The molecule has 5 nitrogen and oxygen atoms in total. The van der Waals surface area contributed by atoms with Gasteiger partial charge < -0.3 is 5.32 Å². The molecule has 0 atom stereocenters. The molecule has 0 radical (unpaired) electrons. The molecule has 2 heterocycles. The zero-order valence-corrected chi connectivity index (χ0v) is 12.8. The Hall–Kier alpha value is -1.36. The van der Waals surface area contributed by atoms with E-state index in [4.69, 9.17) is 0 Å². The standard InChI is InChI=1S/C15H26N4O/c1-15(2,3)17-14(20)12-18-9-5-13(6-10-18)11-19-8-4-7-16-19/h4,7-8,13H,5-6,9-12H2,1-3H3,(H,17,20). The lowest BCUT2D eigenvalue weighted by molar-refractivity contribution is -0.124. The van der Waals surface area contributed by atoms with Gasteiger partial charge in [-0.2, -0.15) is 5.10 Å². The third-order valence-electron chi connectivity index (χ3n) is 3.59. The van der Waals surface area contributed by atoms with Gasteiger partial charge in [0.2, 0.25) is 5.91 Å². The molecule has 0 unspecified atom stereocenters. The molecule has 0 bridgehead atoms. The first-order valence-corrected chi connectivity index (χ1v) is 7.43. The van der Waals surface area contributed by atoms with E-state index >= 15 is 0 Å². The Bertz CT molecular complexity index is 414. The highest BCUT2D eigenvalue weighted by Gasteiger charge is 2.22. The quantitative estimate of drug-likeness (QED) is 0.908. The Morgan fingerprint density at radius 1 is 1.35 bits per heavy atom. The lowest BCUT2D eigenvalue weighted by Gasteiger charge is -2.32. The largest absolute Gasteiger partial charge is 0.350 e. The van der Waals surface area contributed by atoms with E-state index in [0.29, 0.717) is 12.5 Å². The van der Waals surface area contributed by atoms with Crippen LogP contribution in [-0.4, -0.2) is 45.8 Å². The van der Waals surface area contributed by atoms with Gasteiger partial charge >= 0.3 is 0 Å². The molecule has 1 saturated heterocycles. The van der Waals surface area contributed by atoms with Crippen LogP contribution in [0.2, 0.25) is 0 Å². The van der Waals surface area contributed by atoms with Crippen LogP contribution in [0.5, 0.6) is 0 Å². The maximum atomic E-state index is 11.9. The topological polar surface area (TPSA) is 50.2 Å². The highest BCUT2D eigenvalue weighted by Crippen LogP contribution is 2.18. The normalized spacial score (nSPS) is 18.1. The number of piperidine rings is 1. The summed E-state index contributed by atoms with van der Waals surface area (Å²) in [4.78, 5) is 14.1. The molecule has 1 aromatic rings. The number of amides is 1. The summed E-state index contributed by atoms with van der Waals surface area (Å²) in [6, 6.07) is 1.96. The van der Waals surface area contributed by atoms with E-state index in [-0.39, 0.29) is 11.4 Å². The molecule has 1 aromatic heterocycles. The van der Waals surface area contributed by atoms with Crippen molar-refractivity contribution in [3.8, 4) is 0 Å². The molecule has 0 spiro atoms. The molecule has 20 heavy (non-hydrogen) atoms. The Balaban J connectivity index is 1.70. The molecule has 1 fully saturated rings. The number of hydrogen-bond donors (Lipinski definition) is 1. The molecule has 0 saturated carbocycles. The molecule has 1 aliphatic heterocycles. The third-order valence-corrected chi connectivity index (χ3v) is 3.59. The number of hydrogen-bond acceptors (Lipinski definition) is 3. The van der Waals surface area contributed by atoms with Gasteiger partial charge in [0.15, 0.2) is 0 Å². The number of nitrogens with zero attached hydrogens (tertiary/aromatic N) is 3. The van der Waals surface area contributed by atoms with Crippen molar-refractivity contribution in [2.75, 3.05) is 19.6 Å². The SMILES string of the molecule is CC(C)(C)NC(=O)CN1CCC(Cn2cccn2)CC1. The number of nitrogens with one attached hydrogen (secondary N) is 1. The maximum absolute atomic E-state index is 11.9. The summed E-state index contributed by atoms with van der Waals surface area (Å²) in [6.45, 7) is 9.57. The molecule has 1 amide bonds. The fourth-order valence-corrected chi connectivity index (χ4v) is 2.66. The van der Waals surface area contributed by atoms with Crippen molar-refractivity contribution >= 4 is 5.91 Å². The van der Waals surface area contributed by atoms with Crippen LogP contribution >= 0.6 is 0 Å². The van der Waals surface area contributed by atoms with Gasteiger partial charge in [0.05, 0.1) is 6.54 Å². The fraction of sp³-hybridized carbons (Fsp3) is 0.733. The second-order valence-corrected chi connectivity index (χ2v) is 6.75. The molecule has 2 rings (SSSR count). The van der Waals surface area contributed by atoms with Gasteiger partial charge in [-0.3, -0.25) is 14.4 Å². The van der Waals surface area contributed by atoms with Gasteiger partial charge in [0, 0.05) is 24.5 Å². The predicted octanol–water partition coefficient (Wildman–Crippen LogP) is 1.51. The van der Waals surface area contributed by atoms with Crippen molar-refractivity contribution in [3.63, 3.8) is 0 Å². The first-order chi connectivity index (χ1) is 9.42. The highest BCUT2D eigenvalue weighted by molar-refractivity contribution is 5.78. The molecule has 1 N–H and O–H groups in total. The average Bonchev–Trinajstić information content (AvgIpc) is 2.82. The van der Waals surface area contributed by atoms with E-state index in [9.17, 15) is 4.79 Å². The summed E-state index contributed by atoms with van der Waals surface area (Å²) in [5.74, 6) is 0.805. The van der Waals surface area contributed by atoms with Gasteiger partial charge in [-0.1, -0.05) is 0 Å². The minimum atomic E-state index is -0.143. The van der Waals surface area contributed by atoms with Crippen LogP contribution in [0.25, 0.3) is 0 Å². The van der Waals surface area contributed by atoms with Gasteiger partial charge in [0.25, 0.3) is 0 Å². The van der Waals surface area contributed by atoms with Crippen LogP contribution in [0.3, 0.4) is 0 Å². The van der Waals surface area contributed by atoms with Gasteiger partial charge in [-0.25, -0.2) is 0 Å². The van der Waals surface area contributed by atoms with Gasteiger partial charge in [-0.05, 0) is 58.7 Å². The molecule has 0 aromatic carbocycles. The van der Waals surface area contributed by atoms with E-state index in [1.54, 1.807) is 0 Å². The number of carbonyl (C=O) groups is 1. The summed E-state index contributed by atoms with van der Waals surface area (Å²) < 4.78 is 2.01. The lowest BCUT2D eigenvalue weighted by atomic mass is 9.97. The second kappa shape index (κ2) is 6.39. The zero-order chi connectivity index (χ0) is 14.6. The van der Waals surface area contributed by atoms with Crippen molar-refractivity contribution in [3.05, 3.63) is 18.5 Å². The molecular formula is C15H26N4O. The second-order valence-electron chi connectivity index (χ2n) is 6.75. The summed E-state index contributed by atoms with van der Waals surface area (Å²) >= 11 is 0. The van der Waals surface area contributed by atoms with Crippen molar-refractivity contribution in [1.82, 2.24) is 20.0 Å². The number of likely N-dealkylation sites (tertiary alicyclic amines) is 1. The Labute approximate surface area is 121 Å². The van der Waals surface area contributed by atoms with Gasteiger partial charge in [-0.15, -0.1) is 0 Å². The maximum Gasteiger partial charge on any atom is 0.234 e. The zero-order valence-electron chi connectivity index (χ0n) is 12.8. The van der Waals surface area contributed by atoms with Crippen molar-refractivity contribution in [2.45, 2.75) is 45.7 Å². The first-order valence-electron chi connectivity index (χ1n) is 7.43. The van der Waals surface area contributed by atoms with Crippen LogP contribution in [-0.2, 0) is 11.3 Å². The van der Waals surface area contributed by atoms with Gasteiger partial charge in [0.1, 0.15) is 0 Å². The summed E-state index contributed by atoms with van der Waals surface area (Å²) in [7, 11) is 0. The molecule has 0 aliphatic carbocycles. The monoisotopic (exact) mass is 278 g/mol. The Kier molecular flexibility index (Phi) is 4.81. The van der Waals surface area contributed by atoms with Crippen molar-refractivity contribution in [2.24, 2.45) is 5.92 Å².